The molecule has 0 aromatic carbocycles. The molecule has 1 aliphatic heterocycles. The monoisotopic (exact) mass is 316 g/mol. The van der Waals surface area contributed by atoms with E-state index in [4.69, 9.17) is 4.98 Å². The van der Waals surface area contributed by atoms with Gasteiger partial charge in [-0.25, -0.2) is 9.97 Å². The van der Waals surface area contributed by atoms with Gasteiger partial charge in [0.1, 0.15) is 0 Å². The second kappa shape index (κ2) is 7.28. The normalized spacial score (nSPS) is 19.0. The summed E-state index contributed by atoms with van der Waals surface area (Å²) in [5.74, 6) is 1.77. The van der Waals surface area contributed by atoms with Crippen LogP contribution in [0.25, 0.3) is 0 Å². The molecule has 0 atom stereocenters. The zero-order valence-electron chi connectivity index (χ0n) is 14.3. The van der Waals surface area contributed by atoms with Crippen LogP contribution < -0.4 is 10.2 Å². The lowest BCUT2D eigenvalue weighted by Crippen LogP contribution is -2.35. The Morgan fingerprint density at radius 2 is 2.04 bits per heavy atom. The number of amides is 1. The fourth-order valence-corrected chi connectivity index (χ4v) is 3.26. The van der Waals surface area contributed by atoms with Crippen LogP contribution in [0.5, 0.6) is 0 Å². The van der Waals surface area contributed by atoms with Gasteiger partial charge in [0.2, 0.25) is 11.9 Å². The highest BCUT2D eigenvalue weighted by molar-refractivity contribution is 5.76. The van der Waals surface area contributed by atoms with Crippen molar-refractivity contribution in [2.45, 2.75) is 64.8 Å². The zero-order chi connectivity index (χ0) is 16.2. The van der Waals surface area contributed by atoms with E-state index in [0.717, 1.165) is 50.4 Å². The van der Waals surface area contributed by atoms with Gasteiger partial charge in [-0.05, 0) is 56.9 Å². The Balaban J connectivity index is 1.45. The summed E-state index contributed by atoms with van der Waals surface area (Å²) in [6.07, 6.45) is 9.19. The van der Waals surface area contributed by atoms with E-state index in [9.17, 15) is 4.79 Å². The highest BCUT2D eigenvalue weighted by atomic mass is 16.1. The maximum atomic E-state index is 11.8. The summed E-state index contributed by atoms with van der Waals surface area (Å²) in [6, 6.07) is 0.482. The summed E-state index contributed by atoms with van der Waals surface area (Å²) in [5, 5.41) is 3.08. The van der Waals surface area contributed by atoms with Gasteiger partial charge >= 0.3 is 0 Å². The minimum absolute atomic E-state index is 0.240. The van der Waals surface area contributed by atoms with Crippen LogP contribution in [0.1, 0.15) is 56.7 Å². The molecule has 1 N–H and O–H groups in total. The van der Waals surface area contributed by atoms with Gasteiger partial charge in [0.15, 0.2) is 0 Å². The Bertz CT molecular complexity index is 548. The lowest BCUT2D eigenvalue weighted by molar-refractivity contribution is -0.121. The molecular weight excluding hydrogens is 288 g/mol. The first-order valence-electron chi connectivity index (χ1n) is 9.02. The van der Waals surface area contributed by atoms with Gasteiger partial charge in [0.05, 0.1) is 0 Å². The maximum absolute atomic E-state index is 11.8. The number of anilines is 1. The number of aromatic nitrogens is 2. The van der Waals surface area contributed by atoms with Crippen molar-refractivity contribution < 1.29 is 4.79 Å². The molecule has 1 aliphatic carbocycles. The summed E-state index contributed by atoms with van der Waals surface area (Å²) in [6.45, 7) is 6.21. The van der Waals surface area contributed by atoms with E-state index < -0.39 is 0 Å². The largest absolute Gasteiger partial charge is 0.353 e. The van der Waals surface area contributed by atoms with Gasteiger partial charge in [-0.2, -0.15) is 0 Å². The Kier molecular flexibility index (Phi) is 5.13. The van der Waals surface area contributed by atoms with E-state index in [-0.39, 0.29) is 5.91 Å². The molecule has 0 bridgehead atoms. The summed E-state index contributed by atoms with van der Waals surface area (Å²) >= 11 is 0. The summed E-state index contributed by atoms with van der Waals surface area (Å²) in [4.78, 5) is 23.3. The number of hydrogen-bond donors (Lipinski definition) is 1. The SMILES string of the molecule is CCc1nc(N2CCC(CCC(=O)NC3CC3)CC2)ncc1C. The van der Waals surface area contributed by atoms with Crippen LogP contribution >= 0.6 is 0 Å². The van der Waals surface area contributed by atoms with Crippen molar-refractivity contribution in [2.24, 2.45) is 5.92 Å². The van der Waals surface area contributed by atoms with Gasteiger partial charge < -0.3 is 10.2 Å². The second-order valence-corrected chi connectivity index (χ2v) is 6.96. The second-order valence-electron chi connectivity index (χ2n) is 6.96. The van der Waals surface area contributed by atoms with Crippen molar-refractivity contribution in [3.8, 4) is 0 Å². The lowest BCUT2D eigenvalue weighted by atomic mass is 9.92. The van der Waals surface area contributed by atoms with Crippen molar-refractivity contribution in [1.29, 1.82) is 0 Å². The molecule has 2 aliphatic rings. The van der Waals surface area contributed by atoms with Crippen molar-refractivity contribution in [3.63, 3.8) is 0 Å². The van der Waals surface area contributed by atoms with Crippen LogP contribution in [-0.2, 0) is 11.2 Å². The molecule has 5 heteroatoms. The lowest BCUT2D eigenvalue weighted by Gasteiger charge is -2.32. The average molecular weight is 316 g/mol. The predicted octanol–water partition coefficient (Wildman–Crippen LogP) is 2.62. The number of carbonyl (C=O) groups excluding carboxylic acids is 1. The molecule has 23 heavy (non-hydrogen) atoms. The molecule has 3 rings (SSSR count). The smallest absolute Gasteiger partial charge is 0.225 e. The van der Waals surface area contributed by atoms with Crippen LogP contribution in [0.4, 0.5) is 5.95 Å². The minimum Gasteiger partial charge on any atom is -0.353 e. The fourth-order valence-electron chi connectivity index (χ4n) is 3.26. The Hall–Kier alpha value is -1.65. The standard InChI is InChI=1S/C18H28N4O/c1-3-16-13(2)12-19-18(21-16)22-10-8-14(9-11-22)4-7-17(23)20-15-5-6-15/h12,14-15H,3-11H2,1-2H3,(H,20,23). The average Bonchev–Trinajstić information content (AvgIpc) is 3.38. The molecule has 1 amide bonds. The summed E-state index contributed by atoms with van der Waals surface area (Å²) in [5.41, 5.74) is 2.32. The molecule has 0 radical (unpaired) electrons. The predicted molar refractivity (Wildman–Crippen MR) is 91.5 cm³/mol. The van der Waals surface area contributed by atoms with E-state index in [0.29, 0.717) is 18.4 Å². The van der Waals surface area contributed by atoms with Gasteiger partial charge in [-0.15, -0.1) is 0 Å². The summed E-state index contributed by atoms with van der Waals surface area (Å²) < 4.78 is 0. The molecule has 1 saturated heterocycles. The maximum Gasteiger partial charge on any atom is 0.225 e. The van der Waals surface area contributed by atoms with Crippen molar-refractivity contribution >= 4 is 11.9 Å². The van der Waals surface area contributed by atoms with Gasteiger partial charge in [-0.1, -0.05) is 6.92 Å². The first-order chi connectivity index (χ1) is 11.2. The third kappa shape index (κ3) is 4.43. The number of carbonyl (C=O) groups is 1. The summed E-state index contributed by atoms with van der Waals surface area (Å²) in [7, 11) is 0. The Labute approximate surface area is 138 Å². The van der Waals surface area contributed by atoms with Gasteiger partial charge in [-0.3, -0.25) is 4.79 Å². The molecule has 126 valence electrons. The van der Waals surface area contributed by atoms with Gasteiger partial charge in [0, 0.05) is 37.4 Å². The van der Waals surface area contributed by atoms with Crippen molar-refractivity contribution in [2.75, 3.05) is 18.0 Å². The quantitative estimate of drug-likeness (QED) is 0.876. The molecular formula is C18H28N4O. The molecule has 1 aromatic rings. The number of aryl methyl sites for hydroxylation is 2. The van der Waals surface area contributed by atoms with E-state index in [2.05, 4.69) is 29.0 Å². The van der Waals surface area contributed by atoms with Crippen molar-refractivity contribution in [3.05, 3.63) is 17.5 Å². The molecule has 1 saturated carbocycles. The van der Waals surface area contributed by atoms with E-state index in [1.165, 1.54) is 18.4 Å². The first-order valence-corrected chi connectivity index (χ1v) is 9.02. The third-order valence-corrected chi connectivity index (χ3v) is 5.02. The zero-order valence-corrected chi connectivity index (χ0v) is 14.3. The molecule has 0 unspecified atom stereocenters. The fraction of sp³-hybridized carbons (Fsp3) is 0.722. The van der Waals surface area contributed by atoms with E-state index >= 15 is 0 Å². The first kappa shape index (κ1) is 16.2. The molecule has 1 aromatic heterocycles. The third-order valence-electron chi connectivity index (χ3n) is 5.02. The van der Waals surface area contributed by atoms with Crippen LogP contribution in [0.3, 0.4) is 0 Å². The highest BCUT2D eigenvalue weighted by Crippen LogP contribution is 2.25. The van der Waals surface area contributed by atoms with Gasteiger partial charge in [0.25, 0.3) is 0 Å². The number of rotatable bonds is 6. The molecule has 5 nitrogen and oxygen atoms in total. The number of piperidine rings is 1. The van der Waals surface area contributed by atoms with Crippen molar-refractivity contribution in [1.82, 2.24) is 15.3 Å². The molecule has 0 spiro atoms. The Morgan fingerprint density at radius 3 is 2.70 bits per heavy atom. The van der Waals surface area contributed by atoms with Crippen LogP contribution in [-0.4, -0.2) is 35.0 Å². The Morgan fingerprint density at radius 1 is 1.30 bits per heavy atom. The van der Waals surface area contributed by atoms with E-state index in [1.807, 2.05) is 6.20 Å². The number of nitrogens with zero attached hydrogens (tertiary/aromatic N) is 3. The highest BCUT2D eigenvalue weighted by Gasteiger charge is 2.25. The van der Waals surface area contributed by atoms with Crippen LogP contribution in [0, 0.1) is 12.8 Å². The van der Waals surface area contributed by atoms with Crippen LogP contribution in [0.15, 0.2) is 6.20 Å². The van der Waals surface area contributed by atoms with Crippen LogP contribution in [0.2, 0.25) is 0 Å². The molecule has 2 heterocycles. The van der Waals surface area contributed by atoms with E-state index in [1.54, 1.807) is 0 Å². The minimum atomic E-state index is 0.240. The number of nitrogens with one attached hydrogen (secondary N) is 1. The molecule has 2 fully saturated rings. The topological polar surface area (TPSA) is 58.1 Å². The number of hydrogen-bond acceptors (Lipinski definition) is 4.